The van der Waals surface area contributed by atoms with E-state index in [2.05, 4.69) is 10.3 Å². The Labute approximate surface area is 116 Å². The Morgan fingerprint density at radius 2 is 1.90 bits per heavy atom. The number of rotatable bonds is 4. The molecular formula is C16H15FN2O. The smallest absolute Gasteiger partial charge is 0.231 e. The largest absolute Gasteiger partial charge is 0.351 e. The average Bonchev–Trinajstić information content (AvgIpc) is 3.28. The van der Waals surface area contributed by atoms with Crippen molar-refractivity contribution in [3.05, 3.63) is 65.7 Å². The van der Waals surface area contributed by atoms with E-state index in [0.717, 1.165) is 5.56 Å². The van der Waals surface area contributed by atoms with Crippen LogP contribution in [0.4, 0.5) is 4.39 Å². The Hall–Kier alpha value is -2.23. The molecule has 1 aliphatic carbocycles. The molecular weight excluding hydrogens is 255 g/mol. The maximum atomic E-state index is 13.9. The topological polar surface area (TPSA) is 42.0 Å². The number of halogens is 1. The number of nitrogens with zero attached hydrogens (tertiary/aromatic N) is 1. The van der Waals surface area contributed by atoms with Crippen molar-refractivity contribution in [2.24, 2.45) is 0 Å². The molecule has 102 valence electrons. The molecule has 1 amide bonds. The zero-order valence-corrected chi connectivity index (χ0v) is 11.0. The molecule has 0 atom stereocenters. The predicted molar refractivity (Wildman–Crippen MR) is 73.4 cm³/mol. The van der Waals surface area contributed by atoms with Crippen molar-refractivity contribution >= 4 is 5.91 Å². The van der Waals surface area contributed by atoms with Crippen molar-refractivity contribution in [2.75, 3.05) is 0 Å². The fourth-order valence-electron chi connectivity index (χ4n) is 2.45. The second-order valence-corrected chi connectivity index (χ2v) is 5.10. The van der Waals surface area contributed by atoms with Crippen LogP contribution in [0.5, 0.6) is 0 Å². The van der Waals surface area contributed by atoms with Gasteiger partial charge in [0.05, 0.1) is 5.41 Å². The first-order valence-corrected chi connectivity index (χ1v) is 6.65. The van der Waals surface area contributed by atoms with Crippen molar-refractivity contribution in [1.29, 1.82) is 0 Å². The van der Waals surface area contributed by atoms with Gasteiger partial charge in [-0.2, -0.15) is 0 Å². The fraction of sp³-hybridized carbons (Fsp3) is 0.250. The zero-order chi connectivity index (χ0) is 14.0. The van der Waals surface area contributed by atoms with Gasteiger partial charge in [-0.05, 0) is 36.6 Å². The number of nitrogens with one attached hydrogen (secondary N) is 1. The van der Waals surface area contributed by atoms with Gasteiger partial charge in [0.25, 0.3) is 0 Å². The van der Waals surface area contributed by atoms with E-state index in [1.807, 2.05) is 12.1 Å². The molecule has 0 radical (unpaired) electrons. The summed E-state index contributed by atoms with van der Waals surface area (Å²) >= 11 is 0. The molecule has 1 heterocycles. The molecule has 3 rings (SSSR count). The van der Waals surface area contributed by atoms with Gasteiger partial charge in [-0.15, -0.1) is 0 Å². The molecule has 0 aliphatic heterocycles. The maximum Gasteiger partial charge on any atom is 0.231 e. The first kappa shape index (κ1) is 12.8. The van der Waals surface area contributed by atoms with Crippen molar-refractivity contribution in [3.63, 3.8) is 0 Å². The molecule has 1 aliphatic rings. The van der Waals surface area contributed by atoms with Gasteiger partial charge >= 0.3 is 0 Å². The lowest BCUT2D eigenvalue weighted by molar-refractivity contribution is -0.123. The number of aromatic nitrogens is 1. The van der Waals surface area contributed by atoms with E-state index in [9.17, 15) is 9.18 Å². The van der Waals surface area contributed by atoms with Crippen LogP contribution >= 0.6 is 0 Å². The summed E-state index contributed by atoms with van der Waals surface area (Å²) in [6.45, 7) is 0.442. The molecule has 0 unspecified atom stereocenters. The lowest BCUT2D eigenvalue weighted by atomic mass is 9.94. The number of carbonyl (C=O) groups excluding carboxylic acids is 1. The highest BCUT2D eigenvalue weighted by molar-refractivity contribution is 5.91. The van der Waals surface area contributed by atoms with E-state index in [4.69, 9.17) is 0 Å². The SMILES string of the molecule is O=C(NCc1ccncc1)C1(c2ccccc2F)CC1. The molecule has 1 fully saturated rings. The first-order chi connectivity index (χ1) is 9.72. The van der Waals surface area contributed by atoms with Crippen LogP contribution in [0.1, 0.15) is 24.0 Å². The summed E-state index contributed by atoms with van der Waals surface area (Å²) in [6.07, 6.45) is 4.78. The number of carbonyl (C=O) groups is 1. The number of benzene rings is 1. The predicted octanol–water partition coefficient (Wildman–Crippen LogP) is 2.57. The summed E-state index contributed by atoms with van der Waals surface area (Å²) in [5.41, 5.74) is 0.822. The van der Waals surface area contributed by atoms with Crippen LogP contribution in [0.3, 0.4) is 0 Å². The van der Waals surface area contributed by atoms with Gasteiger partial charge in [-0.1, -0.05) is 18.2 Å². The molecule has 2 aromatic rings. The highest BCUT2D eigenvalue weighted by atomic mass is 19.1. The lowest BCUT2D eigenvalue weighted by Crippen LogP contribution is -2.34. The van der Waals surface area contributed by atoms with Crippen LogP contribution in [0, 0.1) is 5.82 Å². The lowest BCUT2D eigenvalue weighted by Gasteiger charge is -2.16. The summed E-state index contributed by atoms with van der Waals surface area (Å²) in [7, 11) is 0. The minimum Gasteiger partial charge on any atom is -0.351 e. The van der Waals surface area contributed by atoms with Gasteiger partial charge in [-0.3, -0.25) is 9.78 Å². The van der Waals surface area contributed by atoms with E-state index < -0.39 is 5.41 Å². The molecule has 0 bridgehead atoms. The number of pyridine rings is 1. The quantitative estimate of drug-likeness (QED) is 0.927. The standard InChI is InChI=1S/C16H15FN2O/c17-14-4-2-1-3-13(14)16(7-8-16)15(20)19-11-12-5-9-18-10-6-12/h1-6,9-10H,7-8,11H2,(H,19,20). The van der Waals surface area contributed by atoms with E-state index in [1.54, 1.807) is 30.6 Å². The van der Waals surface area contributed by atoms with Crippen LogP contribution in [0.2, 0.25) is 0 Å². The fourth-order valence-corrected chi connectivity index (χ4v) is 2.45. The maximum absolute atomic E-state index is 13.9. The zero-order valence-electron chi connectivity index (χ0n) is 11.0. The Balaban J connectivity index is 1.73. The van der Waals surface area contributed by atoms with E-state index in [1.165, 1.54) is 6.07 Å². The average molecular weight is 270 g/mol. The monoisotopic (exact) mass is 270 g/mol. The van der Waals surface area contributed by atoms with Crippen molar-refractivity contribution in [2.45, 2.75) is 24.8 Å². The molecule has 1 saturated carbocycles. The minimum atomic E-state index is -0.668. The van der Waals surface area contributed by atoms with E-state index in [-0.39, 0.29) is 11.7 Å². The van der Waals surface area contributed by atoms with Crippen molar-refractivity contribution in [3.8, 4) is 0 Å². The third-order valence-electron chi connectivity index (χ3n) is 3.78. The molecule has 20 heavy (non-hydrogen) atoms. The summed E-state index contributed by atoms with van der Waals surface area (Å²) in [6, 6.07) is 10.2. The Morgan fingerprint density at radius 1 is 1.20 bits per heavy atom. The van der Waals surface area contributed by atoms with Gasteiger partial charge in [0.1, 0.15) is 5.82 Å². The number of hydrogen-bond donors (Lipinski definition) is 1. The molecule has 3 nitrogen and oxygen atoms in total. The highest BCUT2D eigenvalue weighted by Gasteiger charge is 2.52. The Kier molecular flexibility index (Phi) is 3.22. The molecule has 0 spiro atoms. The van der Waals surface area contributed by atoms with E-state index in [0.29, 0.717) is 24.9 Å². The van der Waals surface area contributed by atoms with Crippen molar-refractivity contribution in [1.82, 2.24) is 10.3 Å². The molecule has 0 saturated heterocycles. The summed E-state index contributed by atoms with van der Waals surface area (Å²) in [5, 5.41) is 2.89. The summed E-state index contributed by atoms with van der Waals surface area (Å²) in [5.74, 6) is -0.400. The normalized spacial score (nSPS) is 15.7. The Bertz CT molecular complexity index is 623. The van der Waals surface area contributed by atoms with Crippen LogP contribution in [-0.4, -0.2) is 10.9 Å². The van der Waals surface area contributed by atoms with Crippen LogP contribution < -0.4 is 5.32 Å². The Morgan fingerprint density at radius 3 is 2.55 bits per heavy atom. The van der Waals surface area contributed by atoms with Gasteiger partial charge < -0.3 is 5.32 Å². The molecule has 1 aromatic heterocycles. The third kappa shape index (κ3) is 2.29. The molecule has 4 heteroatoms. The first-order valence-electron chi connectivity index (χ1n) is 6.65. The van der Waals surface area contributed by atoms with E-state index >= 15 is 0 Å². The third-order valence-corrected chi connectivity index (χ3v) is 3.78. The van der Waals surface area contributed by atoms with Gasteiger partial charge in [0.15, 0.2) is 0 Å². The van der Waals surface area contributed by atoms with Crippen LogP contribution in [-0.2, 0) is 16.8 Å². The second kappa shape index (κ2) is 5.04. The summed E-state index contributed by atoms with van der Waals surface area (Å²) in [4.78, 5) is 16.3. The minimum absolute atomic E-state index is 0.0978. The second-order valence-electron chi connectivity index (χ2n) is 5.10. The molecule has 1 N–H and O–H groups in total. The van der Waals surface area contributed by atoms with Gasteiger partial charge in [0.2, 0.25) is 5.91 Å². The van der Waals surface area contributed by atoms with Gasteiger partial charge in [-0.25, -0.2) is 4.39 Å². The number of hydrogen-bond acceptors (Lipinski definition) is 2. The number of amides is 1. The highest BCUT2D eigenvalue weighted by Crippen LogP contribution is 2.49. The van der Waals surface area contributed by atoms with Gasteiger partial charge in [0, 0.05) is 24.5 Å². The molecule has 1 aromatic carbocycles. The van der Waals surface area contributed by atoms with Crippen LogP contribution in [0.25, 0.3) is 0 Å². The van der Waals surface area contributed by atoms with Crippen molar-refractivity contribution < 1.29 is 9.18 Å². The van der Waals surface area contributed by atoms with Crippen LogP contribution in [0.15, 0.2) is 48.8 Å². The summed E-state index contributed by atoms with van der Waals surface area (Å²) < 4.78 is 13.9.